The molecule has 0 fully saturated rings. The number of nitrogens with zero attached hydrogens (tertiary/aromatic N) is 3. The van der Waals surface area contributed by atoms with Gasteiger partial charge in [0.25, 0.3) is 0 Å². The molecule has 4 aromatic rings. The van der Waals surface area contributed by atoms with Crippen molar-refractivity contribution in [2.45, 2.75) is 0 Å². The highest BCUT2D eigenvalue weighted by Crippen LogP contribution is 2.48. The van der Waals surface area contributed by atoms with Gasteiger partial charge in [-0.1, -0.05) is 0 Å². The normalized spacial score (nSPS) is 10.6. The number of benzene rings is 2. The first-order valence-electron chi connectivity index (χ1n) is 9.03. The lowest BCUT2D eigenvalue weighted by molar-refractivity contribution is 0.112. The Morgan fingerprint density at radius 2 is 1.87 bits per heavy atom. The first-order valence-corrected chi connectivity index (χ1v) is 9.03. The van der Waals surface area contributed by atoms with Gasteiger partial charge in [-0.15, -0.1) is 0 Å². The van der Waals surface area contributed by atoms with Gasteiger partial charge >= 0.3 is 0 Å². The zero-order valence-corrected chi connectivity index (χ0v) is 16.7. The Morgan fingerprint density at radius 1 is 1.03 bits per heavy atom. The number of furan rings is 1. The predicted molar refractivity (Wildman–Crippen MR) is 110 cm³/mol. The van der Waals surface area contributed by atoms with Crippen molar-refractivity contribution in [2.24, 2.45) is 0 Å². The average Bonchev–Trinajstić information content (AvgIpc) is 3.51. The van der Waals surface area contributed by atoms with E-state index in [1.54, 1.807) is 23.3 Å². The molecule has 2 aromatic carbocycles. The third-order valence-electron chi connectivity index (χ3n) is 4.72. The molecular weight excluding hydrogens is 386 g/mol. The van der Waals surface area contributed by atoms with E-state index < -0.39 is 0 Å². The molecule has 8 nitrogen and oxygen atoms in total. The van der Waals surface area contributed by atoms with Crippen LogP contribution < -0.4 is 14.2 Å². The smallest absolute Gasteiger partial charge is 0.203 e. The highest BCUT2D eigenvalue weighted by Gasteiger charge is 2.24. The van der Waals surface area contributed by atoms with Crippen molar-refractivity contribution in [3.63, 3.8) is 0 Å². The molecule has 8 heteroatoms. The van der Waals surface area contributed by atoms with Crippen LogP contribution in [-0.4, -0.2) is 42.4 Å². The number of ether oxygens (including phenoxy) is 3. The molecule has 4 rings (SSSR count). The van der Waals surface area contributed by atoms with E-state index >= 15 is 0 Å². The van der Waals surface area contributed by atoms with E-state index in [4.69, 9.17) is 18.6 Å². The molecule has 0 saturated heterocycles. The SMILES string of the molecule is COc1cc(C=O)c(-c2cc(-c3ccco3)ccc2-n2cncn2)c(OC)c1OC. The molecule has 0 atom stereocenters. The van der Waals surface area contributed by atoms with E-state index in [0.717, 1.165) is 11.8 Å². The van der Waals surface area contributed by atoms with Crippen LogP contribution in [0.5, 0.6) is 17.2 Å². The summed E-state index contributed by atoms with van der Waals surface area (Å²) in [6.45, 7) is 0. The fourth-order valence-corrected chi connectivity index (χ4v) is 3.41. The average molecular weight is 405 g/mol. The topological polar surface area (TPSA) is 88.6 Å². The molecule has 2 aromatic heterocycles. The van der Waals surface area contributed by atoms with Gasteiger partial charge in [-0.2, -0.15) is 5.10 Å². The van der Waals surface area contributed by atoms with Crippen molar-refractivity contribution in [3.05, 3.63) is 60.9 Å². The number of aldehydes is 1. The zero-order chi connectivity index (χ0) is 21.1. The summed E-state index contributed by atoms with van der Waals surface area (Å²) in [4.78, 5) is 16.1. The molecule has 0 aliphatic heterocycles. The lowest BCUT2D eigenvalue weighted by Gasteiger charge is -2.20. The molecule has 0 spiro atoms. The molecule has 0 radical (unpaired) electrons. The van der Waals surface area contributed by atoms with Gasteiger partial charge in [0.15, 0.2) is 17.8 Å². The standard InChI is InChI=1S/C22H19N3O5/c1-27-19-10-15(11-26)20(22(29-3)21(19)28-2)16-9-14(18-5-4-8-30-18)6-7-17(16)25-13-23-12-24-25/h4-13H,1-3H3. The second-order valence-corrected chi connectivity index (χ2v) is 6.28. The number of rotatable bonds is 7. The summed E-state index contributed by atoms with van der Waals surface area (Å²) in [5.74, 6) is 1.84. The van der Waals surface area contributed by atoms with Crippen molar-refractivity contribution in [1.29, 1.82) is 0 Å². The van der Waals surface area contributed by atoms with Crippen LogP contribution in [0.2, 0.25) is 0 Å². The molecule has 0 bridgehead atoms. The maximum absolute atomic E-state index is 12.0. The maximum atomic E-state index is 12.0. The second kappa shape index (κ2) is 8.12. The van der Waals surface area contributed by atoms with E-state index in [0.29, 0.717) is 45.4 Å². The highest BCUT2D eigenvalue weighted by atomic mass is 16.5. The number of hydrogen-bond donors (Lipinski definition) is 0. The van der Waals surface area contributed by atoms with Gasteiger partial charge in [-0.3, -0.25) is 4.79 Å². The van der Waals surface area contributed by atoms with Crippen molar-refractivity contribution in [2.75, 3.05) is 21.3 Å². The Balaban J connectivity index is 2.08. The van der Waals surface area contributed by atoms with Crippen LogP contribution in [0.25, 0.3) is 28.1 Å². The van der Waals surface area contributed by atoms with Crippen LogP contribution >= 0.6 is 0 Å². The summed E-state index contributed by atoms with van der Waals surface area (Å²) in [7, 11) is 4.53. The number of hydrogen-bond acceptors (Lipinski definition) is 7. The van der Waals surface area contributed by atoms with E-state index in [9.17, 15) is 4.79 Å². The Kier molecular flexibility index (Phi) is 5.21. The molecule has 30 heavy (non-hydrogen) atoms. The number of carbonyl (C=O) groups excluding carboxylic acids is 1. The number of carbonyl (C=O) groups is 1. The first kappa shape index (κ1) is 19.3. The van der Waals surface area contributed by atoms with Crippen LogP contribution in [0.1, 0.15) is 10.4 Å². The molecule has 0 saturated carbocycles. The number of methoxy groups -OCH3 is 3. The summed E-state index contributed by atoms with van der Waals surface area (Å²) < 4.78 is 23.8. The summed E-state index contributed by atoms with van der Waals surface area (Å²) in [6.07, 6.45) is 5.38. The Morgan fingerprint density at radius 3 is 2.47 bits per heavy atom. The lowest BCUT2D eigenvalue weighted by atomic mass is 9.94. The van der Waals surface area contributed by atoms with Crippen molar-refractivity contribution < 1.29 is 23.4 Å². The Hall–Kier alpha value is -4.07. The summed E-state index contributed by atoms with van der Waals surface area (Å²) in [6, 6.07) is 11.0. The van der Waals surface area contributed by atoms with Gasteiger partial charge in [0.2, 0.25) is 5.75 Å². The van der Waals surface area contributed by atoms with Crippen molar-refractivity contribution >= 4 is 6.29 Å². The second-order valence-electron chi connectivity index (χ2n) is 6.28. The molecule has 0 N–H and O–H groups in total. The molecular formula is C22H19N3O5. The minimum atomic E-state index is 0.372. The summed E-state index contributed by atoms with van der Waals surface area (Å²) in [5, 5.41) is 4.25. The monoisotopic (exact) mass is 405 g/mol. The van der Waals surface area contributed by atoms with Crippen LogP contribution in [0.3, 0.4) is 0 Å². The van der Waals surface area contributed by atoms with E-state index in [1.165, 1.54) is 27.7 Å². The van der Waals surface area contributed by atoms with Crippen molar-refractivity contribution in [3.8, 4) is 45.4 Å². The summed E-state index contributed by atoms with van der Waals surface area (Å²) in [5.41, 5.74) is 3.14. The third-order valence-corrected chi connectivity index (χ3v) is 4.72. The predicted octanol–water partition coefficient (Wildman–Crippen LogP) is 4.03. The highest BCUT2D eigenvalue weighted by molar-refractivity contribution is 5.96. The van der Waals surface area contributed by atoms with Crippen LogP contribution in [0.4, 0.5) is 0 Å². The molecule has 0 aliphatic rings. The minimum Gasteiger partial charge on any atom is -0.493 e. The van der Waals surface area contributed by atoms with E-state index in [-0.39, 0.29) is 0 Å². The van der Waals surface area contributed by atoms with Gasteiger partial charge in [-0.05, 0) is 36.4 Å². The number of aromatic nitrogens is 3. The summed E-state index contributed by atoms with van der Waals surface area (Å²) >= 11 is 0. The first-order chi connectivity index (χ1) is 14.7. The molecule has 0 amide bonds. The Labute approximate surface area is 172 Å². The van der Waals surface area contributed by atoms with E-state index in [2.05, 4.69) is 10.1 Å². The Bertz CT molecular complexity index is 1170. The van der Waals surface area contributed by atoms with Gasteiger partial charge < -0.3 is 18.6 Å². The largest absolute Gasteiger partial charge is 0.493 e. The molecule has 0 aliphatic carbocycles. The molecule has 152 valence electrons. The minimum absolute atomic E-state index is 0.372. The fraction of sp³-hybridized carbons (Fsp3) is 0.136. The lowest BCUT2D eigenvalue weighted by Crippen LogP contribution is -2.04. The van der Waals surface area contributed by atoms with Gasteiger partial charge in [-0.25, -0.2) is 9.67 Å². The van der Waals surface area contributed by atoms with E-state index in [1.807, 2.05) is 30.3 Å². The van der Waals surface area contributed by atoms with Crippen LogP contribution in [0, 0.1) is 0 Å². The zero-order valence-electron chi connectivity index (χ0n) is 16.7. The fourth-order valence-electron chi connectivity index (χ4n) is 3.41. The van der Waals surface area contributed by atoms with Crippen molar-refractivity contribution in [1.82, 2.24) is 14.8 Å². The third kappa shape index (κ3) is 3.18. The maximum Gasteiger partial charge on any atom is 0.203 e. The van der Waals surface area contributed by atoms with Gasteiger partial charge in [0, 0.05) is 22.3 Å². The van der Waals surface area contributed by atoms with Gasteiger partial charge in [0.05, 0.1) is 33.3 Å². The van der Waals surface area contributed by atoms with Gasteiger partial charge in [0.1, 0.15) is 18.4 Å². The van der Waals surface area contributed by atoms with Crippen LogP contribution in [0.15, 0.2) is 59.7 Å². The molecule has 0 unspecified atom stereocenters. The quantitative estimate of drug-likeness (QED) is 0.429. The molecule has 2 heterocycles. The van der Waals surface area contributed by atoms with Crippen LogP contribution in [-0.2, 0) is 0 Å².